The number of carbonyl (C=O) groups excluding carboxylic acids is 3. The molecular formula is C17H21N3O4. The summed E-state index contributed by atoms with van der Waals surface area (Å²) in [5.74, 6) is -0.929. The standard InChI is InChI=1S/C17H21N3O4/c18-15(21)13-6-2-8-20(13)17(23)11-4-1-5-12(10-11)19-16(22)14-7-3-9-24-14/h1,4-5,10,13-14H,2-3,6-9H2,(H2,18,21)(H,19,22). The van der Waals surface area contributed by atoms with Crippen LogP contribution in [0, 0.1) is 0 Å². The predicted octanol–water partition coefficient (Wildman–Crippen LogP) is 0.894. The van der Waals surface area contributed by atoms with Crippen molar-refractivity contribution in [2.24, 2.45) is 5.73 Å². The fourth-order valence-corrected chi connectivity index (χ4v) is 3.21. The number of amides is 3. The van der Waals surface area contributed by atoms with Gasteiger partial charge in [0.05, 0.1) is 0 Å². The van der Waals surface area contributed by atoms with E-state index in [2.05, 4.69) is 5.32 Å². The first-order valence-electron chi connectivity index (χ1n) is 8.19. The van der Waals surface area contributed by atoms with Gasteiger partial charge in [-0.2, -0.15) is 0 Å². The van der Waals surface area contributed by atoms with Gasteiger partial charge in [-0.1, -0.05) is 6.07 Å². The van der Waals surface area contributed by atoms with Crippen LogP contribution in [-0.2, 0) is 14.3 Å². The van der Waals surface area contributed by atoms with Crippen molar-refractivity contribution < 1.29 is 19.1 Å². The molecule has 7 nitrogen and oxygen atoms in total. The quantitative estimate of drug-likeness (QED) is 0.855. The molecule has 1 aromatic rings. The Morgan fingerprint density at radius 2 is 2.04 bits per heavy atom. The van der Waals surface area contributed by atoms with Crippen LogP contribution in [0.1, 0.15) is 36.0 Å². The van der Waals surface area contributed by atoms with Crippen LogP contribution in [0.15, 0.2) is 24.3 Å². The Hall–Kier alpha value is -2.41. The van der Waals surface area contributed by atoms with E-state index in [9.17, 15) is 14.4 Å². The van der Waals surface area contributed by atoms with Crippen molar-refractivity contribution in [1.82, 2.24) is 4.90 Å². The van der Waals surface area contributed by atoms with Crippen molar-refractivity contribution in [3.05, 3.63) is 29.8 Å². The van der Waals surface area contributed by atoms with E-state index in [1.807, 2.05) is 0 Å². The topological polar surface area (TPSA) is 102 Å². The van der Waals surface area contributed by atoms with Crippen LogP contribution in [0.2, 0.25) is 0 Å². The zero-order valence-electron chi connectivity index (χ0n) is 13.4. The zero-order valence-corrected chi connectivity index (χ0v) is 13.4. The highest BCUT2D eigenvalue weighted by atomic mass is 16.5. The van der Waals surface area contributed by atoms with Crippen molar-refractivity contribution in [3.8, 4) is 0 Å². The molecule has 2 saturated heterocycles. The number of primary amides is 1. The summed E-state index contributed by atoms with van der Waals surface area (Å²) in [6.07, 6.45) is 2.51. The van der Waals surface area contributed by atoms with E-state index in [1.54, 1.807) is 24.3 Å². The Kier molecular flexibility index (Phi) is 4.80. The van der Waals surface area contributed by atoms with Crippen LogP contribution in [0.5, 0.6) is 0 Å². The van der Waals surface area contributed by atoms with Gasteiger partial charge in [0.2, 0.25) is 5.91 Å². The van der Waals surface area contributed by atoms with E-state index in [4.69, 9.17) is 10.5 Å². The number of ether oxygens (including phenoxy) is 1. The molecule has 2 fully saturated rings. The summed E-state index contributed by atoms with van der Waals surface area (Å²) in [5.41, 5.74) is 6.33. The number of benzene rings is 1. The van der Waals surface area contributed by atoms with E-state index in [0.717, 1.165) is 12.8 Å². The average Bonchev–Trinajstić information content (AvgIpc) is 3.25. The number of hydrogen-bond acceptors (Lipinski definition) is 4. The molecule has 0 radical (unpaired) electrons. The third-order valence-corrected chi connectivity index (χ3v) is 4.44. The summed E-state index contributed by atoms with van der Waals surface area (Å²) in [6, 6.07) is 6.15. The average molecular weight is 331 g/mol. The maximum atomic E-state index is 12.6. The van der Waals surface area contributed by atoms with Crippen molar-refractivity contribution in [1.29, 1.82) is 0 Å². The molecule has 0 bridgehead atoms. The lowest BCUT2D eigenvalue weighted by Crippen LogP contribution is -2.43. The van der Waals surface area contributed by atoms with Gasteiger partial charge < -0.3 is 20.7 Å². The number of nitrogens with one attached hydrogen (secondary N) is 1. The second-order valence-corrected chi connectivity index (χ2v) is 6.13. The van der Waals surface area contributed by atoms with Gasteiger partial charge in [0, 0.05) is 24.4 Å². The van der Waals surface area contributed by atoms with E-state index in [-0.39, 0.29) is 11.8 Å². The molecule has 2 aliphatic rings. The van der Waals surface area contributed by atoms with Gasteiger partial charge in [-0.25, -0.2) is 0 Å². The second kappa shape index (κ2) is 7.00. The molecule has 3 rings (SSSR count). The monoisotopic (exact) mass is 331 g/mol. The molecule has 7 heteroatoms. The first kappa shape index (κ1) is 16.4. The molecule has 0 spiro atoms. The van der Waals surface area contributed by atoms with Crippen molar-refractivity contribution in [2.75, 3.05) is 18.5 Å². The summed E-state index contributed by atoms with van der Waals surface area (Å²) in [5, 5.41) is 2.78. The molecule has 0 aromatic heterocycles. The molecule has 1 aromatic carbocycles. The molecule has 128 valence electrons. The third kappa shape index (κ3) is 3.41. The Bertz CT molecular complexity index is 655. The first-order chi connectivity index (χ1) is 11.6. The second-order valence-electron chi connectivity index (χ2n) is 6.13. The largest absolute Gasteiger partial charge is 0.368 e. The van der Waals surface area contributed by atoms with Gasteiger partial charge in [0.1, 0.15) is 12.1 Å². The maximum absolute atomic E-state index is 12.6. The Morgan fingerprint density at radius 1 is 1.21 bits per heavy atom. The lowest BCUT2D eigenvalue weighted by molar-refractivity contribution is -0.124. The van der Waals surface area contributed by atoms with Gasteiger partial charge in [-0.3, -0.25) is 14.4 Å². The highest BCUT2D eigenvalue weighted by Gasteiger charge is 2.33. The number of nitrogens with zero attached hydrogens (tertiary/aromatic N) is 1. The van der Waals surface area contributed by atoms with E-state index < -0.39 is 18.1 Å². The van der Waals surface area contributed by atoms with Gasteiger partial charge in [-0.05, 0) is 43.9 Å². The minimum atomic E-state index is -0.553. The molecule has 2 heterocycles. The smallest absolute Gasteiger partial charge is 0.254 e. The number of hydrogen-bond donors (Lipinski definition) is 2. The van der Waals surface area contributed by atoms with E-state index >= 15 is 0 Å². The zero-order chi connectivity index (χ0) is 17.1. The highest BCUT2D eigenvalue weighted by Crippen LogP contribution is 2.22. The maximum Gasteiger partial charge on any atom is 0.254 e. The van der Waals surface area contributed by atoms with Crippen LogP contribution in [-0.4, -0.2) is 47.9 Å². The molecule has 0 saturated carbocycles. The Morgan fingerprint density at radius 3 is 2.75 bits per heavy atom. The minimum absolute atomic E-state index is 0.201. The number of rotatable bonds is 4. The van der Waals surface area contributed by atoms with Crippen LogP contribution in [0.25, 0.3) is 0 Å². The summed E-state index contributed by atoms with van der Waals surface area (Å²) in [6.45, 7) is 1.11. The summed E-state index contributed by atoms with van der Waals surface area (Å²) >= 11 is 0. The molecule has 3 N–H and O–H groups in total. The van der Waals surface area contributed by atoms with Crippen molar-refractivity contribution in [2.45, 2.75) is 37.8 Å². The molecule has 0 aliphatic carbocycles. The van der Waals surface area contributed by atoms with Crippen LogP contribution < -0.4 is 11.1 Å². The summed E-state index contributed by atoms with van der Waals surface area (Å²) in [7, 11) is 0. The SMILES string of the molecule is NC(=O)C1CCCN1C(=O)c1cccc(NC(=O)C2CCCO2)c1. The molecule has 24 heavy (non-hydrogen) atoms. The van der Waals surface area contributed by atoms with E-state index in [1.165, 1.54) is 4.90 Å². The predicted molar refractivity (Wildman–Crippen MR) is 87.3 cm³/mol. The summed E-state index contributed by atoms with van der Waals surface area (Å²) in [4.78, 5) is 37.7. The first-order valence-corrected chi connectivity index (χ1v) is 8.19. The summed E-state index contributed by atoms with van der Waals surface area (Å²) < 4.78 is 5.35. The lowest BCUT2D eigenvalue weighted by atomic mass is 10.1. The van der Waals surface area contributed by atoms with Crippen molar-refractivity contribution >= 4 is 23.4 Å². The molecule has 2 aliphatic heterocycles. The van der Waals surface area contributed by atoms with Gasteiger partial charge in [0.15, 0.2) is 0 Å². The molecule has 3 amide bonds. The Balaban J connectivity index is 1.71. The fraction of sp³-hybridized carbons (Fsp3) is 0.471. The van der Waals surface area contributed by atoms with Gasteiger partial charge in [-0.15, -0.1) is 0 Å². The van der Waals surface area contributed by atoms with Gasteiger partial charge >= 0.3 is 0 Å². The lowest BCUT2D eigenvalue weighted by Gasteiger charge is -2.22. The molecular weight excluding hydrogens is 310 g/mol. The van der Waals surface area contributed by atoms with Crippen LogP contribution >= 0.6 is 0 Å². The number of anilines is 1. The molecule has 2 unspecified atom stereocenters. The number of carbonyl (C=O) groups is 3. The fourth-order valence-electron chi connectivity index (χ4n) is 3.21. The number of likely N-dealkylation sites (tertiary alicyclic amines) is 1. The minimum Gasteiger partial charge on any atom is -0.368 e. The van der Waals surface area contributed by atoms with Crippen LogP contribution in [0.4, 0.5) is 5.69 Å². The highest BCUT2D eigenvalue weighted by molar-refractivity contribution is 6.00. The van der Waals surface area contributed by atoms with Crippen LogP contribution in [0.3, 0.4) is 0 Å². The normalized spacial score (nSPS) is 23.2. The molecule has 2 atom stereocenters. The number of nitrogens with two attached hydrogens (primary N) is 1. The van der Waals surface area contributed by atoms with Gasteiger partial charge in [0.25, 0.3) is 11.8 Å². The van der Waals surface area contributed by atoms with Crippen molar-refractivity contribution in [3.63, 3.8) is 0 Å². The third-order valence-electron chi connectivity index (χ3n) is 4.44. The Labute approximate surface area is 140 Å². The van der Waals surface area contributed by atoms with E-state index in [0.29, 0.717) is 37.2 Å².